The molecule has 5 heteroatoms. The summed E-state index contributed by atoms with van der Waals surface area (Å²) in [6, 6.07) is 2.35. The van der Waals surface area contributed by atoms with Crippen molar-refractivity contribution in [2.75, 3.05) is 20.2 Å². The molecular weight excluding hydrogens is 258 g/mol. The van der Waals surface area contributed by atoms with Crippen molar-refractivity contribution in [1.29, 1.82) is 0 Å². The Bertz CT molecular complexity index is 464. The lowest BCUT2D eigenvalue weighted by molar-refractivity contribution is 0.122. The molecule has 0 aromatic carbocycles. The van der Waals surface area contributed by atoms with E-state index in [4.69, 9.17) is 22.7 Å². The monoisotopic (exact) mass is 279 g/mol. The fourth-order valence-electron chi connectivity index (χ4n) is 2.47. The number of pyridine rings is 1. The molecule has 1 aromatic rings. The predicted octanol–water partition coefficient (Wildman–Crippen LogP) is 1.89. The second-order valence-corrected chi connectivity index (χ2v) is 5.55. The Labute approximate surface area is 120 Å². The number of thiocarbonyl (C=S) groups is 1. The predicted molar refractivity (Wildman–Crippen MR) is 80.6 cm³/mol. The van der Waals surface area contributed by atoms with Gasteiger partial charge in [-0.2, -0.15) is 0 Å². The molecule has 1 unspecified atom stereocenters. The summed E-state index contributed by atoms with van der Waals surface area (Å²) in [6.07, 6.45) is 5.44. The number of aryl methyl sites for hydroxylation is 1. The molecule has 1 aromatic heterocycles. The summed E-state index contributed by atoms with van der Waals surface area (Å²) < 4.78 is 5.87. The van der Waals surface area contributed by atoms with Crippen molar-refractivity contribution in [1.82, 2.24) is 9.88 Å². The molecule has 1 atom stereocenters. The van der Waals surface area contributed by atoms with Crippen molar-refractivity contribution in [2.45, 2.75) is 32.2 Å². The zero-order valence-corrected chi connectivity index (χ0v) is 12.4. The van der Waals surface area contributed by atoms with Gasteiger partial charge in [0, 0.05) is 12.2 Å². The highest BCUT2D eigenvalue weighted by Crippen LogP contribution is 2.21. The largest absolute Gasteiger partial charge is 0.475 e. The smallest absolute Gasteiger partial charge is 0.224 e. The van der Waals surface area contributed by atoms with Crippen LogP contribution >= 0.6 is 12.2 Å². The molecule has 4 nitrogen and oxygen atoms in total. The number of nitrogens with zero attached hydrogens (tertiary/aromatic N) is 2. The number of likely N-dealkylation sites (tertiary alicyclic amines) is 1. The van der Waals surface area contributed by atoms with Crippen LogP contribution in [0.5, 0.6) is 5.88 Å². The van der Waals surface area contributed by atoms with Crippen molar-refractivity contribution < 1.29 is 4.74 Å². The lowest BCUT2D eigenvalue weighted by atomic mass is 10.0. The van der Waals surface area contributed by atoms with Crippen LogP contribution in [0.15, 0.2) is 12.3 Å². The van der Waals surface area contributed by atoms with Crippen LogP contribution in [0.1, 0.15) is 30.4 Å². The summed E-state index contributed by atoms with van der Waals surface area (Å²) in [7, 11) is 2.14. The molecule has 1 aliphatic rings. The van der Waals surface area contributed by atoms with Crippen LogP contribution < -0.4 is 10.5 Å². The second-order valence-electron chi connectivity index (χ2n) is 5.11. The van der Waals surface area contributed by atoms with Crippen LogP contribution in [0.25, 0.3) is 0 Å². The third kappa shape index (κ3) is 3.42. The van der Waals surface area contributed by atoms with Gasteiger partial charge in [0.2, 0.25) is 5.88 Å². The molecule has 2 heterocycles. The molecule has 2 rings (SSSR count). The lowest BCUT2D eigenvalue weighted by Gasteiger charge is -2.32. The molecule has 0 amide bonds. The van der Waals surface area contributed by atoms with E-state index in [-0.39, 0.29) is 0 Å². The molecule has 0 saturated carbocycles. The zero-order chi connectivity index (χ0) is 13.8. The van der Waals surface area contributed by atoms with Gasteiger partial charge in [0.05, 0.1) is 5.56 Å². The van der Waals surface area contributed by atoms with Crippen molar-refractivity contribution in [3.05, 3.63) is 23.4 Å². The van der Waals surface area contributed by atoms with Crippen molar-refractivity contribution in [3.8, 4) is 5.88 Å². The molecule has 2 N–H and O–H groups in total. The number of piperidine rings is 1. The first-order chi connectivity index (χ1) is 9.09. The minimum absolute atomic E-state index is 0.345. The van der Waals surface area contributed by atoms with Crippen LogP contribution in [-0.2, 0) is 0 Å². The standard InChI is InChI=1S/C14H21N3OS/c1-10-6-7-16-14(12(10)13(15)19)18-9-11-5-3-4-8-17(11)2/h6-7,11H,3-5,8-9H2,1-2H3,(H2,15,19). The maximum atomic E-state index is 5.87. The third-order valence-electron chi connectivity index (χ3n) is 3.70. The van der Waals surface area contributed by atoms with Gasteiger partial charge in [-0.15, -0.1) is 0 Å². The van der Waals surface area contributed by atoms with Gasteiger partial charge in [0.1, 0.15) is 11.6 Å². The van der Waals surface area contributed by atoms with Crippen molar-refractivity contribution >= 4 is 17.2 Å². The molecule has 0 bridgehead atoms. The Morgan fingerprint density at radius 3 is 3.05 bits per heavy atom. The number of hydrogen-bond donors (Lipinski definition) is 1. The Morgan fingerprint density at radius 2 is 2.37 bits per heavy atom. The third-order valence-corrected chi connectivity index (χ3v) is 3.91. The first-order valence-corrected chi connectivity index (χ1v) is 7.09. The molecule has 1 saturated heterocycles. The van der Waals surface area contributed by atoms with Crippen LogP contribution in [0.4, 0.5) is 0 Å². The van der Waals surface area contributed by atoms with Gasteiger partial charge >= 0.3 is 0 Å². The quantitative estimate of drug-likeness (QED) is 0.853. The number of ether oxygens (including phenoxy) is 1. The fourth-order valence-corrected chi connectivity index (χ4v) is 2.72. The number of likely N-dealkylation sites (N-methyl/N-ethyl adjacent to an activating group) is 1. The normalized spacial score (nSPS) is 20.2. The van der Waals surface area contributed by atoms with E-state index in [1.54, 1.807) is 6.20 Å². The highest BCUT2D eigenvalue weighted by molar-refractivity contribution is 7.80. The summed E-state index contributed by atoms with van der Waals surface area (Å²) in [4.78, 5) is 6.95. The topological polar surface area (TPSA) is 51.4 Å². The van der Waals surface area contributed by atoms with Gasteiger partial charge in [0.25, 0.3) is 0 Å². The molecule has 19 heavy (non-hydrogen) atoms. The summed E-state index contributed by atoms with van der Waals surface area (Å²) in [5.74, 6) is 0.562. The van der Waals surface area contributed by atoms with Crippen LogP contribution in [0.3, 0.4) is 0 Å². The first-order valence-electron chi connectivity index (χ1n) is 6.68. The number of rotatable bonds is 4. The fraction of sp³-hybridized carbons (Fsp3) is 0.571. The maximum Gasteiger partial charge on any atom is 0.224 e. The van der Waals surface area contributed by atoms with Crippen molar-refractivity contribution in [2.24, 2.45) is 5.73 Å². The molecule has 104 valence electrons. The summed E-state index contributed by atoms with van der Waals surface area (Å²) in [5, 5.41) is 0. The highest BCUT2D eigenvalue weighted by atomic mass is 32.1. The van der Waals surface area contributed by atoms with E-state index in [1.165, 1.54) is 19.3 Å². The van der Waals surface area contributed by atoms with E-state index in [0.29, 0.717) is 23.5 Å². The summed E-state index contributed by atoms with van der Waals surface area (Å²) in [6.45, 7) is 3.75. The van der Waals surface area contributed by atoms with Gasteiger partial charge in [-0.1, -0.05) is 18.6 Å². The van der Waals surface area contributed by atoms with Crippen LogP contribution in [0.2, 0.25) is 0 Å². The van der Waals surface area contributed by atoms with E-state index in [0.717, 1.165) is 17.7 Å². The SMILES string of the molecule is Cc1ccnc(OCC2CCCCN2C)c1C(N)=S. The Hall–Kier alpha value is -1.20. The van der Waals surface area contributed by atoms with E-state index in [9.17, 15) is 0 Å². The molecule has 0 radical (unpaired) electrons. The molecule has 1 aliphatic heterocycles. The van der Waals surface area contributed by atoms with E-state index < -0.39 is 0 Å². The Morgan fingerprint density at radius 1 is 1.58 bits per heavy atom. The van der Waals surface area contributed by atoms with Gasteiger partial charge < -0.3 is 15.4 Å². The molecule has 1 fully saturated rings. The van der Waals surface area contributed by atoms with Crippen molar-refractivity contribution in [3.63, 3.8) is 0 Å². The van der Waals surface area contributed by atoms with E-state index >= 15 is 0 Å². The van der Waals surface area contributed by atoms with Crippen LogP contribution in [-0.4, -0.2) is 41.1 Å². The zero-order valence-electron chi connectivity index (χ0n) is 11.6. The lowest BCUT2D eigenvalue weighted by Crippen LogP contribution is -2.40. The minimum Gasteiger partial charge on any atom is -0.475 e. The Kier molecular flexibility index (Phi) is 4.71. The number of aromatic nitrogens is 1. The molecule has 0 spiro atoms. The number of nitrogens with two attached hydrogens (primary N) is 1. The van der Waals surface area contributed by atoms with Gasteiger partial charge in [-0.3, -0.25) is 0 Å². The Balaban J connectivity index is 2.07. The average Bonchev–Trinajstić information content (AvgIpc) is 2.37. The first kappa shape index (κ1) is 14.2. The average molecular weight is 279 g/mol. The van der Waals surface area contributed by atoms with E-state index in [1.807, 2.05) is 13.0 Å². The number of hydrogen-bond acceptors (Lipinski definition) is 4. The van der Waals surface area contributed by atoms with Gasteiger partial charge in [-0.25, -0.2) is 4.98 Å². The maximum absolute atomic E-state index is 5.87. The highest BCUT2D eigenvalue weighted by Gasteiger charge is 2.20. The van der Waals surface area contributed by atoms with Crippen LogP contribution in [0, 0.1) is 6.92 Å². The summed E-state index contributed by atoms with van der Waals surface area (Å²) in [5.41, 5.74) is 7.52. The van der Waals surface area contributed by atoms with E-state index in [2.05, 4.69) is 16.9 Å². The molecular formula is C14H21N3OS. The van der Waals surface area contributed by atoms with Gasteiger partial charge in [-0.05, 0) is 45.0 Å². The van der Waals surface area contributed by atoms with Gasteiger partial charge in [0.15, 0.2) is 0 Å². The minimum atomic E-state index is 0.345. The second kappa shape index (κ2) is 6.30. The summed E-state index contributed by atoms with van der Waals surface area (Å²) >= 11 is 5.08. The molecule has 0 aliphatic carbocycles.